The van der Waals surface area contributed by atoms with Crippen molar-refractivity contribution < 1.29 is 28.5 Å². The summed E-state index contributed by atoms with van der Waals surface area (Å²) in [5.41, 5.74) is 6.37. The molecule has 2 saturated heterocycles. The third kappa shape index (κ3) is 7.46. The fraction of sp³-hybridized carbons (Fsp3) is 0.409. The summed E-state index contributed by atoms with van der Waals surface area (Å²) in [6.45, 7) is 13.1. The van der Waals surface area contributed by atoms with E-state index < -0.39 is 0 Å². The van der Waals surface area contributed by atoms with Crippen LogP contribution in [-0.4, -0.2) is 87.1 Å². The van der Waals surface area contributed by atoms with E-state index >= 15 is 0 Å². The Kier molecular flexibility index (Phi) is 11.5. The first-order valence-corrected chi connectivity index (χ1v) is 19.2. The highest BCUT2D eigenvalue weighted by Gasteiger charge is 2.33. The Morgan fingerprint density at radius 3 is 1.25 bits per heavy atom. The SMILES string of the molecule is CCOc1cccc2c1-c1c(OCCCN3CCCC3)cccc1C2=O.CCOc1cccc2c1-c1c(OCCN3CCCCC3)cccc1C2=O. The number of piperidine rings is 1. The van der Waals surface area contributed by atoms with Crippen LogP contribution in [0.2, 0.25) is 0 Å². The van der Waals surface area contributed by atoms with E-state index in [9.17, 15) is 9.59 Å². The summed E-state index contributed by atoms with van der Waals surface area (Å²) < 4.78 is 23.8. The van der Waals surface area contributed by atoms with Gasteiger partial charge in [-0.1, -0.05) is 55.0 Å². The van der Waals surface area contributed by atoms with Crippen LogP contribution in [0.5, 0.6) is 23.0 Å². The lowest BCUT2D eigenvalue weighted by molar-refractivity contribution is 0.103. The third-order valence-electron chi connectivity index (χ3n) is 10.4. The Morgan fingerprint density at radius 1 is 0.462 bits per heavy atom. The van der Waals surface area contributed by atoms with Gasteiger partial charge in [0.05, 0.1) is 19.8 Å². The fourth-order valence-electron chi connectivity index (χ4n) is 7.94. The molecular formula is C44H50N2O6. The minimum Gasteiger partial charge on any atom is -0.493 e. The van der Waals surface area contributed by atoms with Crippen LogP contribution in [0.4, 0.5) is 0 Å². The van der Waals surface area contributed by atoms with Gasteiger partial charge >= 0.3 is 0 Å². The molecule has 0 bridgehead atoms. The number of rotatable bonds is 13. The molecule has 0 N–H and O–H groups in total. The van der Waals surface area contributed by atoms with E-state index in [0.29, 0.717) is 48.7 Å². The van der Waals surface area contributed by atoms with E-state index in [-0.39, 0.29) is 11.6 Å². The maximum atomic E-state index is 12.8. The number of likely N-dealkylation sites (tertiary alicyclic amines) is 2. The Morgan fingerprint density at radius 2 is 0.827 bits per heavy atom. The molecule has 8 rings (SSSR count). The molecule has 4 aromatic rings. The average Bonchev–Trinajstić information content (AvgIpc) is 3.88. The van der Waals surface area contributed by atoms with Crippen molar-refractivity contribution in [1.29, 1.82) is 0 Å². The fourth-order valence-corrected chi connectivity index (χ4v) is 7.94. The van der Waals surface area contributed by atoms with Gasteiger partial charge in [-0.2, -0.15) is 0 Å². The van der Waals surface area contributed by atoms with Crippen molar-refractivity contribution in [2.75, 3.05) is 65.7 Å². The van der Waals surface area contributed by atoms with Gasteiger partial charge in [-0.25, -0.2) is 0 Å². The van der Waals surface area contributed by atoms with Gasteiger partial charge in [-0.05, 0) is 96.4 Å². The molecule has 52 heavy (non-hydrogen) atoms. The summed E-state index contributed by atoms with van der Waals surface area (Å²) in [5, 5.41) is 0. The second kappa shape index (κ2) is 16.8. The molecule has 2 heterocycles. The summed E-state index contributed by atoms with van der Waals surface area (Å²) in [6.07, 6.45) is 7.51. The van der Waals surface area contributed by atoms with Crippen molar-refractivity contribution in [2.24, 2.45) is 0 Å². The molecule has 0 unspecified atom stereocenters. The summed E-state index contributed by atoms with van der Waals surface area (Å²) in [5.74, 6) is 3.17. The number of hydrogen-bond acceptors (Lipinski definition) is 8. The highest BCUT2D eigenvalue weighted by Crippen LogP contribution is 2.48. The predicted molar refractivity (Wildman–Crippen MR) is 205 cm³/mol. The van der Waals surface area contributed by atoms with Gasteiger partial charge in [-0.15, -0.1) is 0 Å². The smallest absolute Gasteiger partial charge is 0.194 e. The summed E-state index contributed by atoms with van der Waals surface area (Å²) >= 11 is 0. The first-order valence-electron chi connectivity index (χ1n) is 19.2. The number of hydrogen-bond donors (Lipinski definition) is 0. The summed E-state index contributed by atoms with van der Waals surface area (Å²) in [6, 6.07) is 22.8. The van der Waals surface area contributed by atoms with E-state index in [2.05, 4.69) is 9.80 Å². The standard InChI is InChI=1S/2C22H25NO3/c1-2-25-18-10-5-8-16-20(18)21-17(22(16)24)9-6-11-19(21)26-15-7-14-23-12-3-4-13-23;1-2-25-18-10-6-8-16-20(18)21-17(22(16)24)9-7-11-19(21)26-15-14-23-12-4-3-5-13-23/h5-6,8-11H,2-4,7,12-15H2,1H3;6-11H,2-5,12-15H2,1H3. The Bertz CT molecular complexity index is 1890. The Hall–Kier alpha value is -4.66. The predicted octanol–water partition coefficient (Wildman–Crippen LogP) is 8.32. The molecule has 0 amide bonds. The Labute approximate surface area is 307 Å². The van der Waals surface area contributed by atoms with E-state index in [1.54, 1.807) is 0 Å². The van der Waals surface area contributed by atoms with Crippen molar-refractivity contribution in [3.63, 3.8) is 0 Å². The highest BCUT2D eigenvalue weighted by atomic mass is 16.5. The first-order chi connectivity index (χ1) is 25.6. The van der Waals surface area contributed by atoms with Crippen molar-refractivity contribution in [1.82, 2.24) is 9.80 Å². The molecular weight excluding hydrogens is 652 g/mol. The molecule has 8 heteroatoms. The van der Waals surface area contributed by atoms with Crippen LogP contribution in [0.15, 0.2) is 72.8 Å². The average molecular weight is 703 g/mol. The van der Waals surface area contributed by atoms with Crippen molar-refractivity contribution in [2.45, 2.75) is 52.4 Å². The van der Waals surface area contributed by atoms with E-state index in [0.717, 1.165) is 77.9 Å². The van der Waals surface area contributed by atoms with Gasteiger partial charge in [-0.3, -0.25) is 14.5 Å². The van der Waals surface area contributed by atoms with Crippen LogP contribution in [-0.2, 0) is 0 Å². The number of carbonyl (C=O) groups excluding carboxylic acids is 2. The lowest BCUT2D eigenvalue weighted by Gasteiger charge is -2.26. The minimum atomic E-state index is 0.0537. The lowest BCUT2D eigenvalue weighted by Crippen LogP contribution is -2.33. The molecule has 2 aliphatic carbocycles. The van der Waals surface area contributed by atoms with E-state index in [1.165, 1.54) is 45.2 Å². The molecule has 0 spiro atoms. The number of ketones is 2. The number of carbonyl (C=O) groups is 2. The number of benzene rings is 4. The largest absolute Gasteiger partial charge is 0.493 e. The van der Waals surface area contributed by atoms with Crippen molar-refractivity contribution in [3.05, 3.63) is 95.1 Å². The molecule has 8 nitrogen and oxygen atoms in total. The van der Waals surface area contributed by atoms with Crippen LogP contribution in [0, 0.1) is 0 Å². The van der Waals surface area contributed by atoms with E-state index in [1.807, 2.05) is 86.6 Å². The topological polar surface area (TPSA) is 77.5 Å². The molecule has 0 atom stereocenters. The van der Waals surface area contributed by atoms with Crippen LogP contribution in [0.1, 0.15) is 84.2 Å². The van der Waals surface area contributed by atoms with Gasteiger partial charge in [0.2, 0.25) is 0 Å². The molecule has 272 valence electrons. The zero-order chi connectivity index (χ0) is 35.9. The first kappa shape index (κ1) is 35.7. The van der Waals surface area contributed by atoms with E-state index in [4.69, 9.17) is 18.9 Å². The molecule has 0 radical (unpaired) electrons. The minimum absolute atomic E-state index is 0.0537. The zero-order valence-corrected chi connectivity index (χ0v) is 30.6. The monoisotopic (exact) mass is 702 g/mol. The Balaban J connectivity index is 0.000000162. The van der Waals surface area contributed by atoms with Crippen molar-refractivity contribution in [3.8, 4) is 45.3 Å². The normalized spacial score (nSPS) is 16.0. The van der Waals surface area contributed by atoms with Gasteiger partial charge in [0.15, 0.2) is 11.6 Å². The molecule has 4 aliphatic rings. The number of fused-ring (bicyclic) bond motifs is 6. The zero-order valence-electron chi connectivity index (χ0n) is 30.6. The molecule has 0 saturated carbocycles. The highest BCUT2D eigenvalue weighted by molar-refractivity contribution is 6.24. The second-order valence-corrected chi connectivity index (χ2v) is 13.7. The molecule has 4 aromatic carbocycles. The summed E-state index contributed by atoms with van der Waals surface area (Å²) in [7, 11) is 0. The van der Waals surface area contributed by atoms with Gasteiger partial charge < -0.3 is 23.8 Å². The van der Waals surface area contributed by atoms with Gasteiger partial charge in [0.1, 0.15) is 29.6 Å². The van der Waals surface area contributed by atoms with Crippen LogP contribution >= 0.6 is 0 Å². The maximum Gasteiger partial charge on any atom is 0.194 e. The van der Waals surface area contributed by atoms with Crippen LogP contribution in [0.25, 0.3) is 22.3 Å². The second-order valence-electron chi connectivity index (χ2n) is 13.7. The third-order valence-corrected chi connectivity index (χ3v) is 10.4. The lowest BCUT2D eigenvalue weighted by atomic mass is 10.0. The van der Waals surface area contributed by atoms with Gasteiger partial charge in [0.25, 0.3) is 0 Å². The van der Waals surface area contributed by atoms with Gasteiger partial charge in [0, 0.05) is 57.6 Å². The molecule has 2 aliphatic heterocycles. The quantitative estimate of drug-likeness (QED) is 0.111. The number of nitrogens with zero attached hydrogens (tertiary/aromatic N) is 2. The molecule has 0 aromatic heterocycles. The van der Waals surface area contributed by atoms with Crippen LogP contribution in [0.3, 0.4) is 0 Å². The molecule has 2 fully saturated rings. The maximum absolute atomic E-state index is 12.8. The van der Waals surface area contributed by atoms with Crippen LogP contribution < -0.4 is 18.9 Å². The van der Waals surface area contributed by atoms with Crippen molar-refractivity contribution >= 4 is 11.6 Å². The summed E-state index contributed by atoms with van der Waals surface area (Å²) in [4.78, 5) is 30.5. The number of ether oxygens (including phenoxy) is 4.